The van der Waals surface area contributed by atoms with E-state index in [1.54, 1.807) is 18.2 Å². The molecule has 0 unspecified atom stereocenters. The topological polar surface area (TPSA) is 41.6 Å². The van der Waals surface area contributed by atoms with Gasteiger partial charge in [0.1, 0.15) is 5.75 Å². The van der Waals surface area contributed by atoms with Gasteiger partial charge in [-0.2, -0.15) is 0 Å². The molecule has 0 saturated carbocycles. The van der Waals surface area contributed by atoms with E-state index in [2.05, 4.69) is 75.3 Å². The fourth-order valence-electron chi connectivity index (χ4n) is 2.95. The molecule has 0 spiro atoms. The normalized spacial score (nSPS) is 14.2. The van der Waals surface area contributed by atoms with Gasteiger partial charge in [0.15, 0.2) is 0 Å². The van der Waals surface area contributed by atoms with Crippen molar-refractivity contribution in [3.63, 3.8) is 0 Å². The molecule has 0 fully saturated rings. The van der Waals surface area contributed by atoms with Gasteiger partial charge in [-0.25, -0.2) is 0 Å². The Morgan fingerprint density at radius 1 is 1.00 bits per heavy atom. The van der Waals surface area contributed by atoms with E-state index in [-0.39, 0.29) is 16.5 Å². The summed E-state index contributed by atoms with van der Waals surface area (Å²) < 4.78 is 6.40. The lowest BCUT2D eigenvalue weighted by Gasteiger charge is -2.37. The molecule has 0 radical (unpaired) electrons. The fourth-order valence-corrected chi connectivity index (χ4v) is 4.28. The van der Waals surface area contributed by atoms with Gasteiger partial charge in [-0.15, -0.1) is 0 Å². The molecule has 176 valence electrons. The fraction of sp³-hybridized carbons (Fsp3) is 0.480. The number of rotatable bonds is 8. The zero-order valence-electron chi connectivity index (χ0n) is 20.5. The lowest BCUT2D eigenvalue weighted by molar-refractivity contribution is 0.0909. The summed E-state index contributed by atoms with van der Waals surface area (Å²) in [7, 11) is 2.19. The summed E-state index contributed by atoms with van der Waals surface area (Å²) in [5.74, 6) is 0.745. The number of hydrogen-bond acceptors (Lipinski definition) is 3. The SMILES string of the molecule is CN(C)[C@](C)(CNC(=O)c1ccc(Cl)c(Cl)c1)Cc1ccc(O[Si](C)(C)C(C)(C)C)cc1. The van der Waals surface area contributed by atoms with Crippen molar-refractivity contribution in [1.29, 1.82) is 0 Å². The highest BCUT2D eigenvalue weighted by molar-refractivity contribution is 6.74. The molecule has 32 heavy (non-hydrogen) atoms. The van der Waals surface area contributed by atoms with Crippen LogP contribution in [0.15, 0.2) is 42.5 Å². The lowest BCUT2D eigenvalue weighted by atomic mass is 9.91. The van der Waals surface area contributed by atoms with E-state index in [9.17, 15) is 4.79 Å². The number of nitrogens with one attached hydrogen (secondary N) is 1. The van der Waals surface area contributed by atoms with E-state index >= 15 is 0 Å². The van der Waals surface area contributed by atoms with Crippen molar-refractivity contribution in [1.82, 2.24) is 10.2 Å². The van der Waals surface area contributed by atoms with Crippen LogP contribution in [0.5, 0.6) is 5.75 Å². The Kier molecular flexibility index (Phi) is 8.49. The minimum Gasteiger partial charge on any atom is -0.544 e. The Balaban J connectivity index is 2.08. The summed E-state index contributed by atoms with van der Waals surface area (Å²) >= 11 is 12.0. The van der Waals surface area contributed by atoms with Crippen molar-refractivity contribution in [3.8, 4) is 5.75 Å². The monoisotopic (exact) mass is 494 g/mol. The number of carbonyl (C=O) groups excluding carboxylic acids is 1. The van der Waals surface area contributed by atoms with Gasteiger partial charge in [0, 0.05) is 17.6 Å². The van der Waals surface area contributed by atoms with E-state index in [1.165, 1.54) is 5.56 Å². The van der Waals surface area contributed by atoms with Crippen LogP contribution in [0.25, 0.3) is 0 Å². The van der Waals surface area contributed by atoms with Crippen molar-refractivity contribution in [2.75, 3.05) is 20.6 Å². The molecular weight excluding hydrogens is 459 g/mol. The number of halogens is 2. The van der Waals surface area contributed by atoms with E-state index in [0.717, 1.165) is 12.2 Å². The summed E-state index contributed by atoms with van der Waals surface area (Å²) in [6.07, 6.45) is 0.780. The van der Waals surface area contributed by atoms with Crippen molar-refractivity contribution in [3.05, 3.63) is 63.6 Å². The van der Waals surface area contributed by atoms with Gasteiger partial charge in [0.05, 0.1) is 10.0 Å². The molecule has 0 saturated heterocycles. The predicted molar refractivity (Wildman–Crippen MR) is 139 cm³/mol. The first-order valence-corrected chi connectivity index (χ1v) is 14.5. The number of benzene rings is 2. The van der Waals surface area contributed by atoms with Crippen molar-refractivity contribution < 1.29 is 9.22 Å². The molecule has 1 amide bonds. The van der Waals surface area contributed by atoms with Gasteiger partial charge in [-0.3, -0.25) is 4.79 Å². The second-order valence-electron chi connectivity index (χ2n) is 10.4. The molecule has 2 rings (SSSR count). The second kappa shape index (κ2) is 10.2. The minimum atomic E-state index is -1.87. The molecule has 1 N–H and O–H groups in total. The molecule has 0 heterocycles. The third-order valence-electron chi connectivity index (χ3n) is 6.58. The van der Waals surface area contributed by atoms with Gasteiger partial charge in [-0.05, 0) is 81.5 Å². The Morgan fingerprint density at radius 3 is 2.09 bits per heavy atom. The van der Waals surface area contributed by atoms with E-state index in [0.29, 0.717) is 22.2 Å². The maximum absolute atomic E-state index is 12.6. The van der Waals surface area contributed by atoms with Crippen molar-refractivity contribution >= 4 is 37.4 Å². The first-order valence-electron chi connectivity index (χ1n) is 10.8. The van der Waals surface area contributed by atoms with Crippen molar-refractivity contribution in [2.24, 2.45) is 0 Å². The Morgan fingerprint density at radius 2 is 1.59 bits per heavy atom. The number of amides is 1. The van der Waals surface area contributed by atoms with Crippen LogP contribution in [-0.4, -0.2) is 45.3 Å². The molecule has 0 bridgehead atoms. The first kappa shape index (κ1) is 26.7. The molecule has 7 heteroatoms. The lowest BCUT2D eigenvalue weighted by Crippen LogP contribution is -2.52. The van der Waals surface area contributed by atoms with E-state index in [1.807, 2.05) is 14.1 Å². The van der Waals surface area contributed by atoms with Crippen LogP contribution in [-0.2, 0) is 6.42 Å². The molecule has 0 aliphatic rings. The molecule has 2 aromatic carbocycles. The van der Waals surface area contributed by atoms with Crippen LogP contribution < -0.4 is 9.74 Å². The number of nitrogens with zero attached hydrogens (tertiary/aromatic N) is 1. The van der Waals surface area contributed by atoms with Crippen molar-refractivity contribution in [2.45, 2.75) is 57.8 Å². The Hall–Kier alpha value is -1.53. The minimum absolute atomic E-state index is 0.154. The first-order chi connectivity index (χ1) is 14.6. The Bertz CT molecular complexity index is 940. The van der Waals surface area contributed by atoms with Crippen LogP contribution in [0.3, 0.4) is 0 Å². The Labute approximate surface area is 204 Å². The molecular formula is C25H36Cl2N2O2Si. The third kappa shape index (κ3) is 6.74. The molecule has 2 aromatic rings. The standard InChI is InChI=1S/C25H36Cl2N2O2Si/c1-24(2,3)32(7,8)31-20-12-9-18(10-13-20)16-25(4,29(5)6)17-28-23(30)19-11-14-21(26)22(27)15-19/h9-15H,16-17H2,1-8H3,(H,28,30)/t25-/m0/s1. The number of likely N-dealkylation sites (N-methyl/N-ethyl adjacent to an activating group) is 1. The zero-order valence-corrected chi connectivity index (χ0v) is 23.0. The van der Waals surface area contributed by atoms with E-state index < -0.39 is 8.32 Å². The largest absolute Gasteiger partial charge is 0.544 e. The van der Waals surface area contributed by atoms with Gasteiger partial charge in [0.2, 0.25) is 8.32 Å². The average Bonchev–Trinajstić information content (AvgIpc) is 2.68. The summed E-state index contributed by atoms with van der Waals surface area (Å²) in [5, 5.41) is 4.00. The number of carbonyl (C=O) groups is 1. The number of hydrogen-bond donors (Lipinski definition) is 1. The van der Waals surface area contributed by atoms with Crippen LogP contribution in [0.2, 0.25) is 28.2 Å². The van der Waals surface area contributed by atoms with Gasteiger partial charge in [0.25, 0.3) is 5.91 Å². The van der Waals surface area contributed by atoms with Gasteiger partial charge >= 0.3 is 0 Å². The quantitative estimate of drug-likeness (QED) is 0.416. The highest BCUT2D eigenvalue weighted by atomic mass is 35.5. The van der Waals surface area contributed by atoms with Crippen LogP contribution in [0, 0.1) is 0 Å². The van der Waals surface area contributed by atoms with Crippen LogP contribution >= 0.6 is 23.2 Å². The molecule has 1 atom stereocenters. The summed E-state index contributed by atoms with van der Waals surface area (Å²) in [4.78, 5) is 14.8. The third-order valence-corrected chi connectivity index (χ3v) is 11.7. The molecule has 0 aliphatic heterocycles. The van der Waals surface area contributed by atoms with Crippen LogP contribution in [0.1, 0.15) is 43.6 Å². The van der Waals surface area contributed by atoms with E-state index in [4.69, 9.17) is 27.6 Å². The maximum atomic E-state index is 12.6. The second-order valence-corrected chi connectivity index (χ2v) is 15.9. The highest BCUT2D eigenvalue weighted by Crippen LogP contribution is 2.37. The maximum Gasteiger partial charge on any atom is 0.251 e. The molecule has 4 nitrogen and oxygen atoms in total. The van der Waals surface area contributed by atoms with Gasteiger partial charge in [-0.1, -0.05) is 56.1 Å². The summed E-state index contributed by atoms with van der Waals surface area (Å²) in [6, 6.07) is 13.2. The predicted octanol–water partition coefficient (Wildman–Crippen LogP) is 6.67. The zero-order chi connectivity index (χ0) is 24.3. The molecule has 0 aliphatic carbocycles. The van der Waals surface area contributed by atoms with Crippen LogP contribution in [0.4, 0.5) is 0 Å². The molecule has 0 aromatic heterocycles. The smallest absolute Gasteiger partial charge is 0.251 e. The summed E-state index contributed by atoms with van der Waals surface area (Å²) in [5.41, 5.74) is 1.41. The van der Waals surface area contributed by atoms with Gasteiger partial charge < -0.3 is 14.6 Å². The highest BCUT2D eigenvalue weighted by Gasteiger charge is 2.39. The average molecular weight is 496 g/mol. The summed E-state index contributed by atoms with van der Waals surface area (Å²) in [6.45, 7) is 13.8.